The Hall–Kier alpha value is -2.10. The zero-order valence-electron chi connectivity index (χ0n) is 10.9. The molecule has 0 aromatic carbocycles. The number of nitrogens with zero attached hydrogens (tertiary/aromatic N) is 2. The van der Waals surface area contributed by atoms with Gasteiger partial charge in [-0.2, -0.15) is 0 Å². The highest BCUT2D eigenvalue weighted by atomic mass is 16.5. The largest absolute Gasteiger partial charge is 0.493 e. The summed E-state index contributed by atoms with van der Waals surface area (Å²) in [6.45, 7) is 1.47. The van der Waals surface area contributed by atoms with Crippen LogP contribution in [0.15, 0.2) is 49.1 Å². The molecular weight excluding hydrogens is 240 g/mol. The zero-order chi connectivity index (χ0) is 13.2. The third-order valence-electron chi connectivity index (χ3n) is 2.63. The van der Waals surface area contributed by atoms with Crippen molar-refractivity contribution in [1.29, 1.82) is 0 Å². The van der Waals surface area contributed by atoms with E-state index in [9.17, 15) is 0 Å². The second kappa shape index (κ2) is 8.08. The maximum Gasteiger partial charge on any atom is 0.122 e. The third kappa shape index (κ3) is 5.38. The summed E-state index contributed by atoms with van der Waals surface area (Å²) in [6.07, 6.45) is 10.1. The first-order valence-corrected chi connectivity index (χ1v) is 6.51. The van der Waals surface area contributed by atoms with Gasteiger partial charge in [-0.1, -0.05) is 0 Å². The summed E-state index contributed by atoms with van der Waals surface area (Å²) < 4.78 is 11.2. The van der Waals surface area contributed by atoms with Crippen molar-refractivity contribution in [1.82, 2.24) is 9.97 Å². The summed E-state index contributed by atoms with van der Waals surface area (Å²) in [5.74, 6) is 1.76. The molecule has 0 saturated heterocycles. The Morgan fingerprint density at radius 3 is 1.47 bits per heavy atom. The second-order valence-corrected chi connectivity index (χ2v) is 4.12. The maximum absolute atomic E-state index is 5.58. The van der Waals surface area contributed by atoms with Crippen LogP contribution in [-0.2, 0) is 0 Å². The van der Waals surface area contributed by atoms with Crippen LogP contribution in [0.1, 0.15) is 19.3 Å². The number of ether oxygens (including phenoxy) is 2. The summed E-state index contributed by atoms with van der Waals surface area (Å²) in [5, 5.41) is 0. The van der Waals surface area contributed by atoms with Crippen LogP contribution in [-0.4, -0.2) is 23.2 Å². The number of hydrogen-bond donors (Lipinski definition) is 0. The van der Waals surface area contributed by atoms with E-state index in [0.717, 1.165) is 44.0 Å². The van der Waals surface area contributed by atoms with Gasteiger partial charge in [-0.15, -0.1) is 0 Å². The first-order chi connectivity index (χ1) is 9.45. The average Bonchev–Trinajstić information content (AvgIpc) is 2.48. The van der Waals surface area contributed by atoms with E-state index in [2.05, 4.69) is 9.97 Å². The minimum absolute atomic E-state index is 0.735. The van der Waals surface area contributed by atoms with Gasteiger partial charge in [0.05, 0.1) is 13.2 Å². The number of aromatic nitrogens is 2. The van der Waals surface area contributed by atoms with Crippen molar-refractivity contribution in [2.24, 2.45) is 0 Å². The summed E-state index contributed by atoms with van der Waals surface area (Å²) in [4.78, 5) is 7.88. The minimum Gasteiger partial charge on any atom is -0.493 e. The Morgan fingerprint density at radius 1 is 0.632 bits per heavy atom. The van der Waals surface area contributed by atoms with Gasteiger partial charge >= 0.3 is 0 Å². The molecule has 0 aliphatic heterocycles. The highest BCUT2D eigenvalue weighted by Crippen LogP contribution is 2.09. The van der Waals surface area contributed by atoms with Crippen LogP contribution in [0.25, 0.3) is 0 Å². The second-order valence-electron chi connectivity index (χ2n) is 4.12. The molecule has 19 heavy (non-hydrogen) atoms. The topological polar surface area (TPSA) is 44.2 Å². The van der Waals surface area contributed by atoms with Crippen LogP contribution < -0.4 is 9.47 Å². The standard InChI is InChI=1S/C15H18N2O2/c1(2-12-18-14-4-8-16-9-5-14)3-13-19-15-6-10-17-11-7-15/h4-11H,1-3,12-13H2. The maximum atomic E-state index is 5.58. The summed E-state index contributed by atoms with van der Waals surface area (Å²) >= 11 is 0. The molecule has 4 heteroatoms. The van der Waals surface area contributed by atoms with Crippen molar-refractivity contribution in [2.75, 3.05) is 13.2 Å². The van der Waals surface area contributed by atoms with Crippen LogP contribution in [0.5, 0.6) is 11.5 Å². The highest BCUT2D eigenvalue weighted by Gasteiger charge is 1.95. The molecule has 0 unspecified atom stereocenters. The first kappa shape index (κ1) is 13.3. The molecule has 0 aliphatic rings. The molecule has 2 aromatic rings. The third-order valence-corrected chi connectivity index (χ3v) is 2.63. The van der Waals surface area contributed by atoms with Crippen molar-refractivity contribution >= 4 is 0 Å². The molecular formula is C15H18N2O2. The summed E-state index contributed by atoms with van der Waals surface area (Å²) in [7, 11) is 0. The Balaban J connectivity index is 1.49. The van der Waals surface area contributed by atoms with Gasteiger partial charge in [0.15, 0.2) is 0 Å². The van der Waals surface area contributed by atoms with Gasteiger partial charge < -0.3 is 9.47 Å². The average molecular weight is 258 g/mol. The van der Waals surface area contributed by atoms with Crippen LogP contribution in [0.2, 0.25) is 0 Å². The first-order valence-electron chi connectivity index (χ1n) is 6.51. The predicted octanol–water partition coefficient (Wildman–Crippen LogP) is 3.10. The fourth-order valence-electron chi connectivity index (χ4n) is 1.63. The quantitative estimate of drug-likeness (QED) is 0.682. The van der Waals surface area contributed by atoms with E-state index >= 15 is 0 Å². The lowest BCUT2D eigenvalue weighted by molar-refractivity contribution is 0.279. The fourth-order valence-corrected chi connectivity index (χ4v) is 1.63. The van der Waals surface area contributed by atoms with E-state index in [-0.39, 0.29) is 0 Å². The molecule has 2 rings (SSSR count). The smallest absolute Gasteiger partial charge is 0.122 e. The number of hydrogen-bond acceptors (Lipinski definition) is 4. The number of rotatable bonds is 8. The van der Waals surface area contributed by atoms with Crippen LogP contribution in [0.3, 0.4) is 0 Å². The van der Waals surface area contributed by atoms with Crippen LogP contribution in [0, 0.1) is 0 Å². The molecule has 0 saturated carbocycles. The minimum atomic E-state index is 0.735. The van der Waals surface area contributed by atoms with Gasteiger partial charge in [0, 0.05) is 24.8 Å². The van der Waals surface area contributed by atoms with E-state index in [1.807, 2.05) is 24.3 Å². The lowest BCUT2D eigenvalue weighted by Gasteiger charge is -2.07. The Labute approximate surface area is 113 Å². The highest BCUT2D eigenvalue weighted by molar-refractivity contribution is 5.17. The predicted molar refractivity (Wildman–Crippen MR) is 73.3 cm³/mol. The van der Waals surface area contributed by atoms with E-state index in [4.69, 9.17) is 9.47 Å². The van der Waals surface area contributed by atoms with E-state index in [0.29, 0.717) is 0 Å². The summed E-state index contributed by atoms with van der Waals surface area (Å²) in [6, 6.07) is 7.47. The lowest BCUT2D eigenvalue weighted by Crippen LogP contribution is -2.01. The van der Waals surface area contributed by atoms with E-state index in [1.54, 1.807) is 24.8 Å². The monoisotopic (exact) mass is 258 g/mol. The van der Waals surface area contributed by atoms with Gasteiger partial charge in [-0.3, -0.25) is 9.97 Å². The van der Waals surface area contributed by atoms with Crippen molar-refractivity contribution < 1.29 is 9.47 Å². The van der Waals surface area contributed by atoms with Gasteiger partial charge in [-0.05, 0) is 43.5 Å². The van der Waals surface area contributed by atoms with Crippen molar-refractivity contribution in [3.05, 3.63) is 49.1 Å². The number of pyridine rings is 2. The lowest BCUT2D eigenvalue weighted by atomic mass is 10.2. The number of unbranched alkanes of at least 4 members (excludes halogenated alkanes) is 2. The molecule has 0 amide bonds. The van der Waals surface area contributed by atoms with Crippen molar-refractivity contribution in [2.45, 2.75) is 19.3 Å². The van der Waals surface area contributed by atoms with E-state index < -0.39 is 0 Å². The molecule has 0 N–H and O–H groups in total. The molecule has 0 atom stereocenters. The van der Waals surface area contributed by atoms with Crippen molar-refractivity contribution in [3.63, 3.8) is 0 Å². The van der Waals surface area contributed by atoms with Gasteiger partial charge in [0.25, 0.3) is 0 Å². The molecule has 100 valence electrons. The molecule has 0 fully saturated rings. The molecule has 0 radical (unpaired) electrons. The van der Waals surface area contributed by atoms with Crippen molar-refractivity contribution in [3.8, 4) is 11.5 Å². The van der Waals surface area contributed by atoms with E-state index in [1.165, 1.54) is 0 Å². The molecule has 0 bridgehead atoms. The Bertz CT molecular complexity index is 405. The summed E-state index contributed by atoms with van der Waals surface area (Å²) in [5.41, 5.74) is 0. The van der Waals surface area contributed by atoms with Crippen LogP contribution in [0.4, 0.5) is 0 Å². The Kier molecular flexibility index (Phi) is 5.67. The van der Waals surface area contributed by atoms with Crippen LogP contribution >= 0.6 is 0 Å². The molecule has 0 spiro atoms. The van der Waals surface area contributed by atoms with Gasteiger partial charge in [-0.25, -0.2) is 0 Å². The molecule has 2 aromatic heterocycles. The van der Waals surface area contributed by atoms with Gasteiger partial charge in [0.2, 0.25) is 0 Å². The normalized spacial score (nSPS) is 10.1. The molecule has 0 aliphatic carbocycles. The molecule has 4 nitrogen and oxygen atoms in total. The zero-order valence-corrected chi connectivity index (χ0v) is 10.9. The SMILES string of the molecule is c1cc(OCCCCCOc2ccncc2)ccn1. The fraction of sp³-hybridized carbons (Fsp3) is 0.333. The van der Waals surface area contributed by atoms with Gasteiger partial charge in [0.1, 0.15) is 11.5 Å². The molecule has 2 heterocycles. The Morgan fingerprint density at radius 2 is 1.05 bits per heavy atom.